The Labute approximate surface area is 99.5 Å². The summed E-state index contributed by atoms with van der Waals surface area (Å²) in [6, 6.07) is -0.505. The Balaban J connectivity index is 3.91. The lowest BCUT2D eigenvalue weighted by Gasteiger charge is -2.22. The smallest absolute Gasteiger partial charge is 0.321 e. The van der Waals surface area contributed by atoms with Gasteiger partial charge in [-0.1, -0.05) is 0 Å². The van der Waals surface area contributed by atoms with E-state index in [1.807, 2.05) is 20.1 Å². The summed E-state index contributed by atoms with van der Waals surface area (Å²) in [7, 11) is 0. The molecule has 88 valence electrons. The van der Waals surface area contributed by atoms with E-state index in [1.54, 1.807) is 11.8 Å². The molecule has 6 heteroatoms. The molecule has 0 spiro atoms. The van der Waals surface area contributed by atoms with Crippen molar-refractivity contribution in [1.29, 1.82) is 0 Å². The predicted octanol–water partition coefficient (Wildman–Crippen LogP) is 1.58. The second-order valence-corrected chi connectivity index (χ2v) is 5.92. The number of imide groups is 1. The lowest BCUT2D eigenvalue weighted by atomic mass is 10.2. The van der Waals surface area contributed by atoms with Gasteiger partial charge in [0, 0.05) is 11.3 Å². The van der Waals surface area contributed by atoms with Crippen molar-refractivity contribution in [2.45, 2.75) is 30.9 Å². The molecular weight excluding hydrogens is 236 g/mol. The van der Waals surface area contributed by atoms with E-state index in [0.29, 0.717) is 6.54 Å². The van der Waals surface area contributed by atoms with E-state index in [0.717, 1.165) is 0 Å². The molecule has 0 saturated carbocycles. The van der Waals surface area contributed by atoms with Gasteiger partial charge in [-0.25, -0.2) is 4.79 Å². The van der Waals surface area contributed by atoms with Crippen LogP contribution in [-0.4, -0.2) is 34.9 Å². The van der Waals surface area contributed by atoms with E-state index >= 15 is 0 Å². The van der Waals surface area contributed by atoms with Crippen LogP contribution in [0.5, 0.6) is 0 Å². The van der Waals surface area contributed by atoms with Gasteiger partial charge in [-0.15, -0.1) is 11.6 Å². The van der Waals surface area contributed by atoms with Gasteiger partial charge in [0.2, 0.25) is 5.91 Å². The van der Waals surface area contributed by atoms with E-state index < -0.39 is 17.3 Å². The largest absolute Gasteiger partial charge is 0.336 e. The van der Waals surface area contributed by atoms with Crippen molar-refractivity contribution in [3.8, 4) is 0 Å². The first kappa shape index (κ1) is 14.6. The molecular formula is C9H17ClN2O2S. The van der Waals surface area contributed by atoms with Crippen LogP contribution in [0.1, 0.15) is 20.8 Å². The van der Waals surface area contributed by atoms with Gasteiger partial charge in [-0.3, -0.25) is 10.1 Å². The van der Waals surface area contributed by atoms with Gasteiger partial charge in [0.1, 0.15) is 5.38 Å². The zero-order valence-electron chi connectivity index (χ0n) is 9.39. The van der Waals surface area contributed by atoms with Crippen LogP contribution in [-0.2, 0) is 4.79 Å². The molecule has 0 fully saturated rings. The fourth-order valence-corrected chi connectivity index (χ4v) is 0.892. The SMILES string of the molecule is CSC(C)(C)CNC(=O)NC(=O)C(C)Cl. The van der Waals surface area contributed by atoms with Crippen molar-refractivity contribution in [2.75, 3.05) is 12.8 Å². The first-order valence-electron chi connectivity index (χ1n) is 4.56. The van der Waals surface area contributed by atoms with Crippen LogP contribution in [0.3, 0.4) is 0 Å². The molecule has 2 N–H and O–H groups in total. The molecule has 0 aliphatic carbocycles. The first-order valence-corrected chi connectivity index (χ1v) is 6.22. The van der Waals surface area contributed by atoms with Crippen LogP contribution in [0.2, 0.25) is 0 Å². The zero-order chi connectivity index (χ0) is 12.1. The minimum absolute atomic E-state index is 0.0486. The maximum Gasteiger partial charge on any atom is 0.321 e. The molecule has 0 aromatic heterocycles. The molecule has 0 aromatic rings. The molecule has 15 heavy (non-hydrogen) atoms. The highest BCUT2D eigenvalue weighted by Crippen LogP contribution is 2.19. The molecule has 0 bridgehead atoms. The summed E-state index contributed by atoms with van der Waals surface area (Å²) in [6.07, 6.45) is 1.96. The Kier molecular flexibility index (Phi) is 6.05. The summed E-state index contributed by atoms with van der Waals surface area (Å²) in [5.41, 5.74) is 0. The summed E-state index contributed by atoms with van der Waals surface area (Å²) >= 11 is 7.13. The summed E-state index contributed by atoms with van der Waals surface area (Å²) < 4.78 is -0.0486. The Morgan fingerprint density at radius 3 is 2.40 bits per heavy atom. The number of thioether (sulfide) groups is 1. The standard InChI is InChI=1S/C9H17ClN2O2S/c1-6(10)7(13)12-8(14)11-5-9(2,3)15-4/h6H,5H2,1-4H3,(H2,11,12,13,14). The van der Waals surface area contributed by atoms with Crippen molar-refractivity contribution < 1.29 is 9.59 Å². The highest BCUT2D eigenvalue weighted by Gasteiger charge is 2.18. The zero-order valence-corrected chi connectivity index (χ0v) is 11.0. The minimum atomic E-state index is -0.704. The molecule has 0 aliphatic heterocycles. The van der Waals surface area contributed by atoms with Crippen molar-refractivity contribution in [3.63, 3.8) is 0 Å². The number of rotatable bonds is 4. The summed E-state index contributed by atoms with van der Waals surface area (Å²) in [5, 5.41) is 4.05. The normalized spacial score (nSPS) is 13.1. The Hall–Kier alpha value is -0.420. The lowest BCUT2D eigenvalue weighted by Crippen LogP contribution is -2.46. The maximum absolute atomic E-state index is 11.2. The number of nitrogens with one attached hydrogen (secondary N) is 2. The topological polar surface area (TPSA) is 58.2 Å². The third kappa shape index (κ3) is 6.62. The number of hydrogen-bond donors (Lipinski definition) is 2. The molecule has 1 atom stereocenters. The molecule has 1 unspecified atom stereocenters. The van der Waals surface area contributed by atoms with Crippen LogP contribution in [0.15, 0.2) is 0 Å². The van der Waals surface area contributed by atoms with E-state index in [-0.39, 0.29) is 4.75 Å². The van der Waals surface area contributed by atoms with Crippen LogP contribution in [0.4, 0.5) is 4.79 Å². The fourth-order valence-electron chi connectivity index (χ4n) is 0.621. The van der Waals surface area contributed by atoms with E-state index in [2.05, 4.69) is 10.6 Å². The summed E-state index contributed by atoms with van der Waals surface area (Å²) in [4.78, 5) is 22.2. The average Bonchev–Trinajstić information content (AvgIpc) is 2.15. The third-order valence-corrected chi connectivity index (χ3v) is 3.27. The molecule has 0 saturated heterocycles. The van der Waals surface area contributed by atoms with Crippen molar-refractivity contribution in [1.82, 2.24) is 10.6 Å². The first-order chi connectivity index (χ1) is 6.78. The quantitative estimate of drug-likeness (QED) is 0.747. The van der Waals surface area contributed by atoms with E-state index in [1.165, 1.54) is 6.92 Å². The van der Waals surface area contributed by atoms with Crippen LogP contribution >= 0.6 is 23.4 Å². The molecule has 0 aromatic carbocycles. The number of carbonyl (C=O) groups excluding carboxylic acids is 2. The number of urea groups is 1. The van der Waals surface area contributed by atoms with Gasteiger partial charge in [0.05, 0.1) is 0 Å². The lowest BCUT2D eigenvalue weighted by molar-refractivity contribution is -0.119. The number of hydrogen-bond acceptors (Lipinski definition) is 3. The van der Waals surface area contributed by atoms with E-state index in [4.69, 9.17) is 11.6 Å². The molecule has 0 rings (SSSR count). The number of carbonyl (C=O) groups is 2. The Bertz CT molecular complexity index is 244. The van der Waals surface area contributed by atoms with Gasteiger partial charge in [0.15, 0.2) is 0 Å². The fraction of sp³-hybridized carbons (Fsp3) is 0.778. The average molecular weight is 253 g/mol. The molecule has 3 amide bonds. The molecule has 0 heterocycles. The number of alkyl halides is 1. The summed E-state index contributed by atoms with van der Waals surface area (Å²) in [6.45, 7) is 6.01. The molecule has 0 radical (unpaired) electrons. The molecule has 4 nitrogen and oxygen atoms in total. The predicted molar refractivity (Wildman–Crippen MR) is 64.5 cm³/mol. The Morgan fingerprint density at radius 2 is 2.00 bits per heavy atom. The highest BCUT2D eigenvalue weighted by molar-refractivity contribution is 7.99. The summed E-state index contributed by atoms with van der Waals surface area (Å²) in [5.74, 6) is -0.490. The van der Waals surface area contributed by atoms with Gasteiger partial charge in [-0.2, -0.15) is 11.8 Å². The van der Waals surface area contributed by atoms with E-state index in [9.17, 15) is 9.59 Å². The Morgan fingerprint density at radius 1 is 1.47 bits per heavy atom. The van der Waals surface area contributed by atoms with Crippen molar-refractivity contribution in [3.05, 3.63) is 0 Å². The van der Waals surface area contributed by atoms with Crippen LogP contribution in [0.25, 0.3) is 0 Å². The second kappa shape index (κ2) is 6.23. The van der Waals surface area contributed by atoms with Gasteiger partial charge >= 0.3 is 6.03 Å². The molecule has 0 aliphatic rings. The second-order valence-electron chi connectivity index (χ2n) is 3.75. The van der Waals surface area contributed by atoms with Gasteiger partial charge < -0.3 is 5.32 Å². The van der Waals surface area contributed by atoms with Gasteiger partial charge in [0.25, 0.3) is 0 Å². The van der Waals surface area contributed by atoms with Crippen molar-refractivity contribution >= 4 is 35.3 Å². The van der Waals surface area contributed by atoms with Crippen molar-refractivity contribution in [2.24, 2.45) is 0 Å². The van der Waals surface area contributed by atoms with Gasteiger partial charge in [-0.05, 0) is 27.0 Å². The highest BCUT2D eigenvalue weighted by atomic mass is 35.5. The third-order valence-electron chi connectivity index (χ3n) is 1.83. The van der Waals surface area contributed by atoms with Crippen LogP contribution in [0, 0.1) is 0 Å². The van der Waals surface area contributed by atoms with Crippen LogP contribution < -0.4 is 10.6 Å². The minimum Gasteiger partial charge on any atom is -0.336 e. The maximum atomic E-state index is 11.2. The number of halogens is 1. The number of amides is 3. The monoisotopic (exact) mass is 252 g/mol.